The first kappa shape index (κ1) is 27.7. The van der Waals surface area contributed by atoms with Crippen LogP contribution in [0.4, 0.5) is 5.69 Å². The predicted octanol–water partition coefficient (Wildman–Crippen LogP) is 4.87. The molecular weight excluding hydrogens is 489 g/mol. The third kappa shape index (κ3) is 8.01. The molecule has 1 saturated heterocycles. The molecule has 2 atom stereocenters. The van der Waals surface area contributed by atoms with Gasteiger partial charge in [-0.1, -0.05) is 62.4 Å². The van der Waals surface area contributed by atoms with Gasteiger partial charge >= 0.3 is 5.97 Å². The predicted molar refractivity (Wildman–Crippen MR) is 128 cm³/mol. The number of carbonyl (C=O) groups is 2. The molecule has 2 unspecified atom stereocenters. The molecule has 1 N–H and O–H groups in total. The van der Waals surface area contributed by atoms with Gasteiger partial charge in [0.2, 0.25) is 0 Å². The van der Waals surface area contributed by atoms with Crippen LogP contribution in [0.1, 0.15) is 43.4 Å². The van der Waals surface area contributed by atoms with E-state index in [-0.39, 0.29) is 50.5 Å². The van der Waals surface area contributed by atoms with Crippen LogP contribution >= 0.6 is 0 Å². The van der Waals surface area contributed by atoms with Gasteiger partial charge in [-0.2, -0.15) is 0 Å². The van der Waals surface area contributed by atoms with Crippen molar-refractivity contribution in [3.63, 3.8) is 0 Å². The summed E-state index contributed by atoms with van der Waals surface area (Å²) in [5.41, 5.74) is 4.19. The summed E-state index contributed by atoms with van der Waals surface area (Å²) in [6.07, 6.45) is 1.73. The van der Waals surface area contributed by atoms with Gasteiger partial charge in [0.1, 0.15) is 12.5 Å². The first-order valence-corrected chi connectivity index (χ1v) is 11.7. The van der Waals surface area contributed by atoms with Crippen LogP contribution in [-0.2, 0) is 53.6 Å². The van der Waals surface area contributed by atoms with Gasteiger partial charge in [-0.15, -0.1) is 0 Å². The van der Waals surface area contributed by atoms with E-state index in [1.54, 1.807) is 0 Å². The number of piperidine rings is 1. The van der Waals surface area contributed by atoms with E-state index < -0.39 is 0 Å². The topological polar surface area (TPSA) is 55.4 Å². The Morgan fingerprint density at radius 2 is 1.73 bits per heavy atom. The minimum Gasteiger partial charge on any atom is -0.465 e. The number of aryl methyl sites for hydroxylation is 2. The van der Waals surface area contributed by atoms with Crippen LogP contribution in [0, 0.1) is 25.7 Å². The van der Waals surface area contributed by atoms with Crippen molar-refractivity contribution in [3.8, 4) is 0 Å². The van der Waals surface area contributed by atoms with Crippen molar-refractivity contribution < 1.29 is 51.5 Å². The second-order valence-electron chi connectivity index (χ2n) is 9.73. The minimum absolute atomic E-state index is 0. The Labute approximate surface area is 223 Å². The smallest absolute Gasteiger partial charge is 0.314 e. The molecule has 1 amide bonds. The van der Waals surface area contributed by atoms with Crippen LogP contribution in [0.3, 0.4) is 0 Å². The summed E-state index contributed by atoms with van der Waals surface area (Å²) >= 11 is 0. The zero-order chi connectivity index (χ0) is 23.1. The average Bonchev–Trinajstić information content (AvgIpc) is 2.75. The standard InChI is InChI=1S/C27H36N2O3.Y/c1-20(2)19-32-27(31)24-14-9-15-29(17-24,16-23-12-6-5-7-13-23)18-25(30)28-26-21(3)10-8-11-22(26)4;/h5-8,10-13,20,24H,9,14-19H2,1-4H3;/p+1. The monoisotopic (exact) mass is 526 g/mol. The van der Waals surface area contributed by atoms with Crippen LogP contribution in [0.15, 0.2) is 48.5 Å². The molecule has 0 spiro atoms. The molecule has 1 fully saturated rings. The first-order valence-electron chi connectivity index (χ1n) is 11.7. The molecule has 2 aromatic rings. The number of quaternary nitrogens is 1. The minimum atomic E-state index is -0.167. The Bertz CT molecular complexity index is 912. The van der Waals surface area contributed by atoms with Crippen LogP contribution in [-0.4, -0.2) is 42.6 Å². The van der Waals surface area contributed by atoms with Crippen molar-refractivity contribution >= 4 is 17.6 Å². The van der Waals surface area contributed by atoms with Crippen molar-refractivity contribution in [2.75, 3.05) is 31.6 Å². The molecule has 175 valence electrons. The number of benzene rings is 2. The second-order valence-corrected chi connectivity index (χ2v) is 9.73. The Morgan fingerprint density at radius 3 is 2.36 bits per heavy atom. The molecule has 33 heavy (non-hydrogen) atoms. The number of ether oxygens (including phenoxy) is 1. The maximum atomic E-state index is 13.2. The van der Waals surface area contributed by atoms with Crippen LogP contribution in [0.5, 0.6) is 0 Å². The number of hydrogen-bond acceptors (Lipinski definition) is 3. The van der Waals surface area contributed by atoms with Crippen LogP contribution in [0.2, 0.25) is 0 Å². The number of carbonyl (C=O) groups excluding carboxylic acids is 2. The molecule has 0 aromatic heterocycles. The van der Waals surface area contributed by atoms with Gasteiger partial charge < -0.3 is 14.5 Å². The van der Waals surface area contributed by atoms with E-state index in [1.807, 2.05) is 64.1 Å². The zero-order valence-electron chi connectivity index (χ0n) is 20.5. The molecule has 1 radical (unpaired) electrons. The number of amides is 1. The van der Waals surface area contributed by atoms with Gasteiger partial charge in [0, 0.05) is 44.0 Å². The summed E-state index contributed by atoms with van der Waals surface area (Å²) in [7, 11) is 0. The number of para-hydroxylation sites is 1. The number of anilines is 1. The SMILES string of the molecule is Cc1cccc(C)c1NC(=O)C[N+]1(Cc2ccccc2)CCCC(C(=O)OCC(C)C)C1.[Y]. The molecule has 0 bridgehead atoms. The largest absolute Gasteiger partial charge is 0.465 e. The Kier molecular flexibility index (Phi) is 10.7. The zero-order valence-corrected chi connectivity index (χ0v) is 23.3. The molecule has 3 rings (SSSR count). The van der Waals surface area contributed by atoms with E-state index in [1.165, 1.54) is 5.56 Å². The summed E-state index contributed by atoms with van der Waals surface area (Å²) in [6, 6.07) is 16.3. The van der Waals surface area contributed by atoms with E-state index in [2.05, 4.69) is 17.4 Å². The van der Waals surface area contributed by atoms with Crippen LogP contribution in [0.25, 0.3) is 0 Å². The maximum absolute atomic E-state index is 13.2. The summed E-state index contributed by atoms with van der Waals surface area (Å²) in [6.45, 7) is 11.1. The number of hydrogen-bond donors (Lipinski definition) is 1. The van der Waals surface area contributed by atoms with Crippen molar-refractivity contribution in [1.82, 2.24) is 0 Å². The van der Waals surface area contributed by atoms with Crippen molar-refractivity contribution in [2.45, 2.75) is 47.1 Å². The van der Waals surface area contributed by atoms with Crippen molar-refractivity contribution in [3.05, 3.63) is 65.2 Å². The molecule has 1 aliphatic heterocycles. The van der Waals surface area contributed by atoms with E-state index >= 15 is 0 Å². The maximum Gasteiger partial charge on any atom is 0.314 e. The molecule has 0 aliphatic carbocycles. The Hall–Kier alpha value is -1.56. The van der Waals surface area contributed by atoms with Gasteiger partial charge in [0.25, 0.3) is 5.91 Å². The summed E-state index contributed by atoms with van der Waals surface area (Å²) < 4.78 is 6.14. The molecule has 1 heterocycles. The van der Waals surface area contributed by atoms with E-state index in [0.29, 0.717) is 30.1 Å². The summed E-state index contributed by atoms with van der Waals surface area (Å²) in [4.78, 5) is 26.0. The second kappa shape index (κ2) is 12.8. The van der Waals surface area contributed by atoms with Crippen LogP contribution < -0.4 is 5.32 Å². The third-order valence-electron chi connectivity index (χ3n) is 6.27. The molecule has 6 heteroatoms. The van der Waals surface area contributed by atoms with E-state index in [4.69, 9.17) is 4.74 Å². The molecule has 0 saturated carbocycles. The normalized spacial score (nSPS) is 20.1. The number of nitrogens with zero attached hydrogens (tertiary/aromatic N) is 1. The Morgan fingerprint density at radius 1 is 1.06 bits per heavy atom. The summed E-state index contributed by atoms with van der Waals surface area (Å²) in [5.74, 6) is 0.0205. The van der Waals surface area contributed by atoms with Gasteiger partial charge in [0.05, 0.1) is 19.7 Å². The van der Waals surface area contributed by atoms with Gasteiger partial charge in [-0.3, -0.25) is 9.59 Å². The van der Waals surface area contributed by atoms with E-state index in [9.17, 15) is 9.59 Å². The quantitative estimate of drug-likeness (QED) is 0.395. The fourth-order valence-corrected chi connectivity index (χ4v) is 4.69. The molecule has 2 aromatic carbocycles. The van der Waals surface area contributed by atoms with E-state index in [0.717, 1.165) is 42.7 Å². The van der Waals surface area contributed by atoms with Gasteiger partial charge in [-0.05, 0) is 43.7 Å². The van der Waals surface area contributed by atoms with Crippen molar-refractivity contribution in [1.29, 1.82) is 0 Å². The average molecular weight is 527 g/mol. The number of nitrogens with one attached hydrogen (secondary N) is 1. The number of likely N-dealkylation sites (tertiary alicyclic amines) is 1. The Balaban J connectivity index is 0.00000385. The molecular formula is C27H37N2O3Y+. The molecule has 1 aliphatic rings. The first-order chi connectivity index (χ1) is 15.3. The van der Waals surface area contributed by atoms with Gasteiger partial charge in [0.15, 0.2) is 6.54 Å². The van der Waals surface area contributed by atoms with Crippen molar-refractivity contribution in [2.24, 2.45) is 11.8 Å². The fraction of sp³-hybridized carbons (Fsp3) is 0.481. The fourth-order valence-electron chi connectivity index (χ4n) is 4.69. The van der Waals surface area contributed by atoms with Gasteiger partial charge in [-0.25, -0.2) is 0 Å². The summed E-state index contributed by atoms with van der Waals surface area (Å²) in [5, 5.41) is 3.15. The number of esters is 1. The number of rotatable bonds is 8. The third-order valence-corrected chi connectivity index (χ3v) is 6.27. The molecule has 5 nitrogen and oxygen atoms in total.